The summed E-state index contributed by atoms with van der Waals surface area (Å²) in [7, 11) is 0. The van der Waals surface area contributed by atoms with Crippen LogP contribution in [0.25, 0.3) is 0 Å². The van der Waals surface area contributed by atoms with Crippen LogP contribution < -0.4 is 11.1 Å². The van der Waals surface area contributed by atoms with E-state index in [1.807, 2.05) is 36.4 Å². The highest BCUT2D eigenvalue weighted by molar-refractivity contribution is 5.92. The van der Waals surface area contributed by atoms with Crippen molar-refractivity contribution < 1.29 is 9.59 Å². The third kappa shape index (κ3) is 10.1. The van der Waals surface area contributed by atoms with Gasteiger partial charge >= 0.3 is 6.03 Å². The van der Waals surface area contributed by atoms with Crippen molar-refractivity contribution in [2.75, 3.05) is 6.54 Å². The monoisotopic (exact) mass is 369 g/mol. The summed E-state index contributed by atoms with van der Waals surface area (Å²) < 4.78 is 0. The van der Waals surface area contributed by atoms with E-state index in [0.717, 1.165) is 43.2 Å². The van der Waals surface area contributed by atoms with E-state index >= 15 is 0 Å². The van der Waals surface area contributed by atoms with Gasteiger partial charge in [-0.2, -0.15) is 0 Å². The Kier molecular flexibility index (Phi) is 11.2. The van der Waals surface area contributed by atoms with Gasteiger partial charge in [0.2, 0.25) is 5.91 Å². The Balaban J connectivity index is 2.71. The Morgan fingerprint density at radius 1 is 1.04 bits per heavy atom. The Hall–Kier alpha value is -2.69. The molecule has 146 valence electrons. The molecule has 0 fully saturated rings. The third-order valence-electron chi connectivity index (χ3n) is 4.08. The van der Waals surface area contributed by atoms with Crippen LogP contribution >= 0.6 is 0 Å². The fourth-order valence-corrected chi connectivity index (χ4v) is 2.42. The number of amides is 3. The second-order valence-corrected chi connectivity index (χ2v) is 6.42. The summed E-state index contributed by atoms with van der Waals surface area (Å²) in [6, 6.07) is 9.09. The molecule has 1 rings (SSSR count). The topological polar surface area (TPSA) is 84.5 Å². The van der Waals surface area contributed by atoms with Crippen molar-refractivity contribution in [1.29, 1.82) is 0 Å². The van der Waals surface area contributed by atoms with Crippen LogP contribution in [0.1, 0.15) is 57.9 Å². The molecule has 1 aromatic rings. The number of aliphatic imine (C=N–C) groups is 1. The molecular weight excluding hydrogens is 338 g/mol. The highest BCUT2D eigenvalue weighted by Crippen LogP contribution is 2.11. The first-order chi connectivity index (χ1) is 13.1. The Labute approximate surface area is 162 Å². The lowest BCUT2D eigenvalue weighted by atomic mass is 10.0. The lowest BCUT2D eigenvalue weighted by molar-refractivity contribution is -0.114. The molecule has 0 saturated heterocycles. The number of rotatable bonds is 11. The number of nitrogens with two attached hydrogens (primary N) is 1. The van der Waals surface area contributed by atoms with Crippen molar-refractivity contribution in [2.24, 2.45) is 10.7 Å². The number of hydrogen-bond donors (Lipinski definition) is 2. The van der Waals surface area contributed by atoms with E-state index in [1.54, 1.807) is 12.3 Å². The second-order valence-electron chi connectivity index (χ2n) is 6.42. The van der Waals surface area contributed by atoms with Crippen molar-refractivity contribution in [3.63, 3.8) is 0 Å². The predicted octanol–water partition coefficient (Wildman–Crippen LogP) is 4.53. The first-order valence-electron chi connectivity index (χ1n) is 9.62. The molecular formula is C22H31N3O2. The minimum Gasteiger partial charge on any atom is -0.366 e. The summed E-state index contributed by atoms with van der Waals surface area (Å²) in [6.07, 6.45) is 10.8. The quantitative estimate of drug-likeness (QED) is 0.341. The zero-order chi connectivity index (χ0) is 19.9. The Morgan fingerprint density at radius 3 is 2.33 bits per heavy atom. The zero-order valence-corrected chi connectivity index (χ0v) is 16.4. The van der Waals surface area contributed by atoms with Crippen molar-refractivity contribution in [3.8, 4) is 0 Å². The van der Waals surface area contributed by atoms with Crippen LogP contribution in [0.15, 0.2) is 58.6 Å². The number of nitrogens with one attached hydrogen (secondary N) is 1. The standard InChI is InChI=1S/C22H31N3O2/c1-3-5-10-19(14-15-20(21(23)26)13-6-4-2)17-25-22(27)24-16-18-11-8-7-9-12-18/h7-9,11-12,14-16H,3-6,10,13,17H2,1-2H3,(H2,23,26)(H,25,27). The molecule has 0 saturated carbocycles. The predicted molar refractivity (Wildman–Crippen MR) is 112 cm³/mol. The van der Waals surface area contributed by atoms with E-state index in [9.17, 15) is 9.59 Å². The lowest BCUT2D eigenvalue weighted by Crippen LogP contribution is -2.22. The van der Waals surface area contributed by atoms with Gasteiger partial charge in [0.05, 0.1) is 0 Å². The minimum atomic E-state index is -0.383. The number of allylic oxidation sites excluding steroid dienone is 2. The molecule has 1 aromatic carbocycles. The average molecular weight is 370 g/mol. The van der Waals surface area contributed by atoms with Gasteiger partial charge in [0.25, 0.3) is 0 Å². The summed E-state index contributed by atoms with van der Waals surface area (Å²) in [5.41, 5.74) is 8.01. The maximum atomic E-state index is 12.0. The molecule has 0 aromatic heterocycles. The molecule has 3 amide bonds. The highest BCUT2D eigenvalue weighted by Gasteiger charge is 2.05. The number of nitrogens with zero attached hydrogens (tertiary/aromatic N) is 1. The molecule has 0 spiro atoms. The smallest absolute Gasteiger partial charge is 0.341 e. The molecule has 5 heteroatoms. The maximum Gasteiger partial charge on any atom is 0.341 e. The van der Waals surface area contributed by atoms with Gasteiger partial charge in [0.1, 0.15) is 0 Å². The molecule has 0 aliphatic carbocycles. The van der Waals surface area contributed by atoms with E-state index in [0.29, 0.717) is 18.5 Å². The number of unbranched alkanes of at least 4 members (excludes halogenated alkanes) is 2. The number of hydrogen-bond acceptors (Lipinski definition) is 2. The fourth-order valence-electron chi connectivity index (χ4n) is 2.42. The van der Waals surface area contributed by atoms with Crippen molar-refractivity contribution in [1.82, 2.24) is 5.32 Å². The van der Waals surface area contributed by atoms with Gasteiger partial charge in [-0.05, 0) is 31.2 Å². The molecule has 0 bridgehead atoms. The summed E-state index contributed by atoms with van der Waals surface area (Å²) in [5.74, 6) is -0.383. The van der Waals surface area contributed by atoms with E-state index in [1.165, 1.54) is 0 Å². The highest BCUT2D eigenvalue weighted by atomic mass is 16.2. The summed E-state index contributed by atoms with van der Waals surface area (Å²) in [4.78, 5) is 27.4. The molecule has 5 nitrogen and oxygen atoms in total. The number of benzene rings is 1. The molecule has 27 heavy (non-hydrogen) atoms. The van der Waals surface area contributed by atoms with Gasteiger partial charge in [-0.1, -0.05) is 74.7 Å². The van der Waals surface area contributed by atoms with Gasteiger partial charge in [0, 0.05) is 18.3 Å². The van der Waals surface area contributed by atoms with Crippen LogP contribution in [-0.4, -0.2) is 24.7 Å². The Bertz CT molecular complexity index is 676. The third-order valence-corrected chi connectivity index (χ3v) is 4.08. The van der Waals surface area contributed by atoms with Crippen molar-refractivity contribution >= 4 is 18.2 Å². The first-order valence-corrected chi connectivity index (χ1v) is 9.62. The van der Waals surface area contributed by atoms with Crippen LogP contribution in [0.2, 0.25) is 0 Å². The molecule has 0 heterocycles. The molecule has 0 unspecified atom stereocenters. The Morgan fingerprint density at radius 2 is 1.70 bits per heavy atom. The second kappa shape index (κ2) is 13.5. The largest absolute Gasteiger partial charge is 0.366 e. The first kappa shape index (κ1) is 22.4. The van der Waals surface area contributed by atoms with Gasteiger partial charge in [-0.3, -0.25) is 4.79 Å². The zero-order valence-electron chi connectivity index (χ0n) is 16.4. The van der Waals surface area contributed by atoms with Crippen LogP contribution in [-0.2, 0) is 4.79 Å². The fraction of sp³-hybridized carbons (Fsp3) is 0.409. The molecule has 3 N–H and O–H groups in total. The number of primary amides is 1. The van der Waals surface area contributed by atoms with Crippen molar-refractivity contribution in [2.45, 2.75) is 52.4 Å². The maximum absolute atomic E-state index is 12.0. The molecule has 0 aliphatic heterocycles. The van der Waals surface area contributed by atoms with Crippen LogP contribution in [0, 0.1) is 0 Å². The lowest BCUT2D eigenvalue weighted by Gasteiger charge is -2.07. The minimum absolute atomic E-state index is 0.383. The van der Waals surface area contributed by atoms with Gasteiger partial charge < -0.3 is 11.1 Å². The average Bonchev–Trinajstić information content (AvgIpc) is 2.68. The number of carbonyl (C=O) groups is 2. The van der Waals surface area contributed by atoms with E-state index < -0.39 is 0 Å². The normalized spacial score (nSPS) is 12.4. The van der Waals surface area contributed by atoms with Crippen LogP contribution in [0.5, 0.6) is 0 Å². The van der Waals surface area contributed by atoms with Crippen LogP contribution in [0.3, 0.4) is 0 Å². The summed E-state index contributed by atoms with van der Waals surface area (Å²) >= 11 is 0. The van der Waals surface area contributed by atoms with Gasteiger partial charge in [-0.15, -0.1) is 0 Å². The summed E-state index contributed by atoms with van der Waals surface area (Å²) in [5, 5.41) is 2.81. The van der Waals surface area contributed by atoms with E-state index in [-0.39, 0.29) is 11.9 Å². The van der Waals surface area contributed by atoms with E-state index in [2.05, 4.69) is 24.2 Å². The SMILES string of the molecule is CCCCC(=CC=C(CCCC)C(N)=O)CNC(=O)N=Cc1ccccc1. The number of carbonyl (C=O) groups excluding carboxylic acids is 2. The molecule has 0 radical (unpaired) electrons. The number of urea groups is 1. The van der Waals surface area contributed by atoms with Gasteiger partial charge in [0.15, 0.2) is 0 Å². The molecule has 0 atom stereocenters. The van der Waals surface area contributed by atoms with E-state index in [4.69, 9.17) is 5.73 Å². The van der Waals surface area contributed by atoms with Crippen molar-refractivity contribution in [3.05, 3.63) is 59.2 Å². The van der Waals surface area contributed by atoms with Gasteiger partial charge in [-0.25, -0.2) is 9.79 Å². The summed E-state index contributed by atoms with van der Waals surface area (Å²) in [6.45, 7) is 4.60. The molecule has 0 aliphatic rings. The van der Waals surface area contributed by atoms with Crippen LogP contribution in [0.4, 0.5) is 4.79 Å².